The largest absolute Gasteiger partial charge is 0.382 e. The molecule has 0 saturated carbocycles. The number of aliphatic hydroxyl groups excluding tert-OH is 1. The maximum Gasteiger partial charge on any atom is 0.131 e. The number of nitrogens with one attached hydrogen (secondary N) is 1. The highest BCUT2D eigenvalue weighted by atomic mass is 16.3. The van der Waals surface area contributed by atoms with E-state index in [1.807, 2.05) is 0 Å². The zero-order valence-electron chi connectivity index (χ0n) is 12.7. The topological polar surface area (TPSA) is 24.7 Å². The van der Waals surface area contributed by atoms with Gasteiger partial charge in [0.1, 0.15) is 12.1 Å². The second-order valence-corrected chi connectivity index (χ2v) is 6.64. The van der Waals surface area contributed by atoms with Crippen molar-refractivity contribution in [3.05, 3.63) is 34.9 Å². The van der Waals surface area contributed by atoms with E-state index >= 15 is 0 Å². The Labute approximate surface area is 122 Å². The minimum absolute atomic E-state index is 0.295. The van der Waals surface area contributed by atoms with E-state index < -0.39 is 0 Å². The highest BCUT2D eigenvalue weighted by Gasteiger charge is 2.30. The van der Waals surface area contributed by atoms with E-state index in [-0.39, 0.29) is 6.10 Å². The van der Waals surface area contributed by atoms with Gasteiger partial charge in [-0.25, -0.2) is 0 Å². The third kappa shape index (κ3) is 2.77. The SMILES string of the molecule is CC(C(O)c1cccc2c1CCCC2)[NH+]1CCCCC1. The number of fused-ring (bicyclic) bond motifs is 1. The zero-order chi connectivity index (χ0) is 13.9. The van der Waals surface area contributed by atoms with Crippen LogP contribution >= 0.6 is 0 Å². The molecule has 1 aliphatic heterocycles. The number of rotatable bonds is 3. The zero-order valence-corrected chi connectivity index (χ0v) is 12.7. The summed E-state index contributed by atoms with van der Waals surface area (Å²) in [5.74, 6) is 0. The fraction of sp³-hybridized carbons (Fsp3) is 0.667. The molecule has 0 bridgehead atoms. The fourth-order valence-electron chi connectivity index (χ4n) is 4.04. The highest BCUT2D eigenvalue weighted by Crippen LogP contribution is 2.29. The van der Waals surface area contributed by atoms with Crippen molar-refractivity contribution in [3.8, 4) is 0 Å². The van der Waals surface area contributed by atoms with Gasteiger partial charge in [0, 0.05) is 0 Å². The van der Waals surface area contributed by atoms with Crippen LogP contribution in [-0.4, -0.2) is 24.2 Å². The van der Waals surface area contributed by atoms with E-state index in [9.17, 15) is 5.11 Å². The van der Waals surface area contributed by atoms with Gasteiger partial charge in [0.25, 0.3) is 0 Å². The summed E-state index contributed by atoms with van der Waals surface area (Å²) >= 11 is 0. The smallest absolute Gasteiger partial charge is 0.131 e. The van der Waals surface area contributed by atoms with E-state index in [0.717, 1.165) is 6.42 Å². The van der Waals surface area contributed by atoms with Gasteiger partial charge in [0.05, 0.1) is 13.1 Å². The Kier molecular flexibility index (Phi) is 4.42. The third-order valence-corrected chi connectivity index (χ3v) is 5.36. The van der Waals surface area contributed by atoms with Gasteiger partial charge in [-0.3, -0.25) is 0 Å². The molecule has 1 aliphatic carbocycles. The first-order valence-corrected chi connectivity index (χ1v) is 8.40. The summed E-state index contributed by atoms with van der Waals surface area (Å²) in [5.41, 5.74) is 4.15. The van der Waals surface area contributed by atoms with Crippen molar-refractivity contribution in [2.45, 2.75) is 64.0 Å². The highest BCUT2D eigenvalue weighted by molar-refractivity contribution is 5.38. The first-order chi connectivity index (χ1) is 9.77. The third-order valence-electron chi connectivity index (χ3n) is 5.36. The van der Waals surface area contributed by atoms with E-state index in [4.69, 9.17) is 0 Å². The van der Waals surface area contributed by atoms with Crippen LogP contribution in [-0.2, 0) is 12.8 Å². The van der Waals surface area contributed by atoms with E-state index in [2.05, 4.69) is 25.1 Å². The maximum atomic E-state index is 10.9. The summed E-state index contributed by atoms with van der Waals surface area (Å²) in [7, 11) is 0. The quantitative estimate of drug-likeness (QED) is 0.866. The first-order valence-electron chi connectivity index (χ1n) is 8.40. The normalized spacial score (nSPS) is 23.1. The molecule has 3 rings (SSSR count). The molecule has 0 spiro atoms. The number of benzene rings is 1. The average molecular weight is 274 g/mol. The van der Waals surface area contributed by atoms with Crippen molar-refractivity contribution in [2.75, 3.05) is 13.1 Å². The Bertz CT molecular complexity index is 451. The van der Waals surface area contributed by atoms with Gasteiger partial charge in [-0.05, 0) is 68.6 Å². The molecular weight excluding hydrogens is 246 g/mol. The van der Waals surface area contributed by atoms with Crippen LogP contribution in [0.25, 0.3) is 0 Å². The van der Waals surface area contributed by atoms with Gasteiger partial charge in [-0.2, -0.15) is 0 Å². The molecule has 0 amide bonds. The summed E-state index contributed by atoms with van der Waals surface area (Å²) in [5, 5.41) is 10.9. The number of hydrogen-bond donors (Lipinski definition) is 2. The number of aliphatic hydroxyl groups is 1. The van der Waals surface area contributed by atoms with E-state index in [0.29, 0.717) is 6.04 Å². The van der Waals surface area contributed by atoms with Gasteiger partial charge in [0.15, 0.2) is 0 Å². The Hall–Kier alpha value is -0.860. The predicted molar refractivity (Wildman–Crippen MR) is 82.1 cm³/mol. The Morgan fingerprint density at radius 2 is 1.75 bits per heavy atom. The number of likely N-dealkylation sites (tertiary alicyclic amines) is 1. The molecule has 2 N–H and O–H groups in total. The molecule has 2 heteroatoms. The van der Waals surface area contributed by atoms with E-state index in [1.54, 1.807) is 4.90 Å². The van der Waals surface area contributed by atoms with Crippen molar-refractivity contribution < 1.29 is 10.0 Å². The minimum atomic E-state index is -0.295. The number of quaternary nitrogens is 1. The van der Waals surface area contributed by atoms with Crippen molar-refractivity contribution in [3.63, 3.8) is 0 Å². The number of hydrogen-bond acceptors (Lipinski definition) is 1. The Morgan fingerprint density at radius 1 is 1.00 bits per heavy atom. The lowest BCUT2D eigenvalue weighted by Crippen LogP contribution is -3.16. The first kappa shape index (κ1) is 14.1. The fourth-order valence-corrected chi connectivity index (χ4v) is 4.04. The van der Waals surface area contributed by atoms with Gasteiger partial charge in [0.2, 0.25) is 0 Å². The second kappa shape index (κ2) is 6.28. The predicted octanol–water partition coefficient (Wildman–Crippen LogP) is 2.06. The van der Waals surface area contributed by atoms with E-state index in [1.165, 1.54) is 68.3 Å². The molecule has 1 saturated heterocycles. The van der Waals surface area contributed by atoms with Gasteiger partial charge < -0.3 is 10.0 Å². The van der Waals surface area contributed by atoms with Crippen LogP contribution in [0.1, 0.15) is 61.8 Å². The molecule has 0 radical (unpaired) electrons. The summed E-state index contributed by atoms with van der Waals surface area (Å²) < 4.78 is 0. The second-order valence-electron chi connectivity index (χ2n) is 6.64. The molecule has 1 aromatic carbocycles. The van der Waals surface area contributed by atoms with Gasteiger partial charge >= 0.3 is 0 Å². The lowest BCUT2D eigenvalue weighted by molar-refractivity contribution is -0.932. The van der Waals surface area contributed by atoms with Gasteiger partial charge in [-0.1, -0.05) is 18.2 Å². The molecule has 20 heavy (non-hydrogen) atoms. The monoisotopic (exact) mass is 274 g/mol. The van der Waals surface area contributed by atoms with Crippen molar-refractivity contribution in [1.82, 2.24) is 0 Å². The number of piperidine rings is 1. The molecule has 2 nitrogen and oxygen atoms in total. The van der Waals surface area contributed by atoms with Crippen LogP contribution in [0.2, 0.25) is 0 Å². The molecule has 2 atom stereocenters. The lowest BCUT2D eigenvalue weighted by atomic mass is 9.85. The van der Waals surface area contributed by atoms with Crippen LogP contribution in [0.3, 0.4) is 0 Å². The van der Waals surface area contributed by atoms with Crippen molar-refractivity contribution in [1.29, 1.82) is 0 Å². The van der Waals surface area contributed by atoms with Crippen LogP contribution < -0.4 is 4.90 Å². The Morgan fingerprint density at radius 3 is 2.55 bits per heavy atom. The average Bonchev–Trinajstić information content (AvgIpc) is 2.54. The standard InChI is InChI=1S/C18H27NO/c1-14(19-12-5-2-6-13-19)18(20)17-11-7-9-15-8-3-4-10-16(15)17/h7,9,11,14,18,20H,2-6,8,10,12-13H2,1H3/p+1. The summed E-state index contributed by atoms with van der Waals surface area (Å²) in [4.78, 5) is 1.59. The van der Waals surface area contributed by atoms with Crippen LogP contribution in [0.15, 0.2) is 18.2 Å². The molecule has 0 aromatic heterocycles. The van der Waals surface area contributed by atoms with Crippen LogP contribution in [0.5, 0.6) is 0 Å². The Balaban J connectivity index is 1.80. The summed E-state index contributed by atoms with van der Waals surface area (Å²) in [6.45, 7) is 4.69. The van der Waals surface area contributed by atoms with Crippen molar-refractivity contribution in [2.24, 2.45) is 0 Å². The summed E-state index contributed by atoms with van der Waals surface area (Å²) in [6.07, 6.45) is 8.65. The lowest BCUT2D eigenvalue weighted by Gasteiger charge is -2.33. The van der Waals surface area contributed by atoms with Crippen LogP contribution in [0.4, 0.5) is 0 Å². The van der Waals surface area contributed by atoms with Gasteiger partial charge in [-0.15, -0.1) is 0 Å². The molecule has 2 unspecified atom stereocenters. The molecule has 1 fully saturated rings. The maximum absolute atomic E-state index is 10.9. The molecule has 110 valence electrons. The van der Waals surface area contributed by atoms with Crippen molar-refractivity contribution >= 4 is 0 Å². The minimum Gasteiger partial charge on any atom is -0.382 e. The van der Waals surface area contributed by atoms with Crippen LogP contribution in [0, 0.1) is 0 Å². The summed E-state index contributed by atoms with van der Waals surface area (Å²) in [6, 6.07) is 6.88. The molecule has 1 aromatic rings. The molecule has 2 aliphatic rings. The molecule has 1 heterocycles. The number of aryl methyl sites for hydroxylation is 1. The molecular formula is C18H28NO+.